The summed E-state index contributed by atoms with van der Waals surface area (Å²) < 4.78 is 2.84. The molecule has 1 atom stereocenters. The second kappa shape index (κ2) is 7.94. The maximum Gasteiger partial charge on any atom is 0.327 e. The highest BCUT2D eigenvalue weighted by atomic mass is 35.5. The first-order valence-electron chi connectivity index (χ1n) is 9.93. The van der Waals surface area contributed by atoms with Crippen LogP contribution in [0.15, 0.2) is 84.0 Å². The normalized spacial score (nSPS) is 12.3. The number of carboxylic acid groups (broad SMARTS) is 1. The number of rotatable bonds is 5. The maximum absolute atomic E-state index is 13.2. The van der Waals surface area contributed by atoms with Gasteiger partial charge in [0.2, 0.25) is 0 Å². The summed E-state index contributed by atoms with van der Waals surface area (Å²) in [4.78, 5) is 29.7. The molecule has 32 heavy (non-hydrogen) atoms. The minimum atomic E-state index is -1.08. The van der Waals surface area contributed by atoms with Crippen molar-refractivity contribution in [1.82, 2.24) is 19.2 Å². The minimum Gasteiger partial charge on any atom is -0.480 e. The van der Waals surface area contributed by atoms with Gasteiger partial charge < -0.3 is 9.67 Å². The number of aromatic nitrogens is 4. The van der Waals surface area contributed by atoms with Crippen molar-refractivity contribution in [3.8, 4) is 11.1 Å². The molecule has 0 amide bonds. The molecule has 8 heteroatoms. The first-order valence-corrected chi connectivity index (χ1v) is 10.3. The van der Waals surface area contributed by atoms with Crippen LogP contribution in [0, 0.1) is 0 Å². The molecule has 3 heterocycles. The molecule has 0 saturated carbocycles. The Morgan fingerprint density at radius 1 is 1.03 bits per heavy atom. The van der Waals surface area contributed by atoms with Crippen LogP contribution in [0.4, 0.5) is 0 Å². The summed E-state index contributed by atoms with van der Waals surface area (Å²) in [5.74, 6) is -1.08. The van der Waals surface area contributed by atoms with E-state index in [0.29, 0.717) is 21.6 Å². The van der Waals surface area contributed by atoms with E-state index in [9.17, 15) is 14.7 Å². The van der Waals surface area contributed by atoms with Crippen LogP contribution in [0.2, 0.25) is 5.02 Å². The van der Waals surface area contributed by atoms with Crippen LogP contribution in [0.25, 0.3) is 27.7 Å². The Hall–Kier alpha value is -3.97. The third-order valence-electron chi connectivity index (χ3n) is 5.47. The van der Waals surface area contributed by atoms with Crippen molar-refractivity contribution in [2.75, 3.05) is 0 Å². The summed E-state index contributed by atoms with van der Waals surface area (Å²) in [5, 5.41) is 15.2. The number of halogens is 1. The number of benzene rings is 2. The fraction of sp³-hybridized carbons (Fsp3) is 0.0833. The Morgan fingerprint density at radius 2 is 1.78 bits per heavy atom. The fourth-order valence-electron chi connectivity index (χ4n) is 3.85. The second-order valence-electron chi connectivity index (χ2n) is 7.43. The third-order valence-corrected chi connectivity index (χ3v) is 5.72. The monoisotopic (exact) mass is 444 g/mol. The van der Waals surface area contributed by atoms with Gasteiger partial charge in [-0.15, -0.1) is 0 Å². The molecule has 0 aliphatic rings. The van der Waals surface area contributed by atoms with Crippen LogP contribution in [-0.2, 0) is 11.2 Å². The molecule has 5 aromatic rings. The summed E-state index contributed by atoms with van der Waals surface area (Å²) in [7, 11) is 0. The van der Waals surface area contributed by atoms with Crippen molar-refractivity contribution < 1.29 is 9.90 Å². The topological polar surface area (TPSA) is 89.5 Å². The van der Waals surface area contributed by atoms with Gasteiger partial charge in [-0.2, -0.15) is 5.10 Å². The molecule has 1 N–H and O–H groups in total. The molecule has 0 radical (unpaired) electrons. The van der Waals surface area contributed by atoms with E-state index in [0.717, 1.165) is 16.7 Å². The van der Waals surface area contributed by atoms with Crippen molar-refractivity contribution in [1.29, 1.82) is 0 Å². The predicted octanol–water partition coefficient (Wildman–Crippen LogP) is 4.23. The van der Waals surface area contributed by atoms with Crippen LogP contribution in [0.5, 0.6) is 0 Å². The number of nitrogens with zero attached hydrogens (tertiary/aromatic N) is 4. The summed E-state index contributed by atoms with van der Waals surface area (Å²) in [5.41, 5.74) is 3.26. The zero-order valence-electron chi connectivity index (χ0n) is 16.7. The van der Waals surface area contributed by atoms with Crippen LogP contribution in [0.3, 0.4) is 0 Å². The highest BCUT2D eigenvalue weighted by Gasteiger charge is 2.23. The Bertz CT molecular complexity index is 1510. The van der Waals surface area contributed by atoms with E-state index in [4.69, 9.17) is 11.6 Å². The standard InChI is InChI=1S/C24H17ClN4O3/c25-17-8-6-16(7-9-17)18-14-27-29-20-10-11-28(23(30)19(20)13-26-22(18)29)21(24(31)32)12-15-4-2-1-3-5-15/h1-11,13-14,21H,12H2,(H,31,32)/t21-/m0/s1. The van der Waals surface area contributed by atoms with Gasteiger partial charge in [0.05, 0.1) is 17.1 Å². The van der Waals surface area contributed by atoms with Gasteiger partial charge >= 0.3 is 5.97 Å². The van der Waals surface area contributed by atoms with Gasteiger partial charge in [-0.25, -0.2) is 14.3 Å². The van der Waals surface area contributed by atoms with Crippen LogP contribution in [0.1, 0.15) is 11.6 Å². The molecule has 0 bridgehead atoms. The number of pyridine rings is 1. The van der Waals surface area contributed by atoms with E-state index in [2.05, 4.69) is 10.1 Å². The number of carbonyl (C=O) groups is 1. The molecule has 3 aromatic heterocycles. The highest BCUT2D eigenvalue weighted by molar-refractivity contribution is 6.30. The van der Waals surface area contributed by atoms with Crippen molar-refractivity contribution in [2.24, 2.45) is 0 Å². The number of aliphatic carboxylic acids is 1. The fourth-order valence-corrected chi connectivity index (χ4v) is 3.98. The molecule has 2 aromatic carbocycles. The molecule has 158 valence electrons. The molecule has 0 spiro atoms. The Balaban J connectivity index is 1.62. The Morgan fingerprint density at radius 3 is 2.50 bits per heavy atom. The third kappa shape index (κ3) is 3.42. The van der Waals surface area contributed by atoms with Gasteiger partial charge in [0.1, 0.15) is 6.04 Å². The lowest BCUT2D eigenvalue weighted by atomic mass is 10.1. The molecule has 0 fully saturated rings. The van der Waals surface area contributed by atoms with E-state index in [1.165, 1.54) is 17.0 Å². The number of hydrogen-bond donors (Lipinski definition) is 1. The smallest absolute Gasteiger partial charge is 0.327 e. The van der Waals surface area contributed by atoms with Crippen molar-refractivity contribution in [2.45, 2.75) is 12.5 Å². The van der Waals surface area contributed by atoms with Gasteiger partial charge in [0.25, 0.3) is 5.56 Å². The molecule has 0 aliphatic heterocycles. The van der Waals surface area contributed by atoms with Gasteiger partial charge in [-0.1, -0.05) is 54.1 Å². The Labute approximate surface area is 187 Å². The zero-order valence-corrected chi connectivity index (χ0v) is 17.5. The number of fused-ring (bicyclic) bond motifs is 3. The minimum absolute atomic E-state index is 0.194. The SMILES string of the molecule is O=C(O)[C@H](Cc1ccccc1)n1ccc2c(cnc3c(-c4ccc(Cl)cc4)cnn32)c1=O. The maximum atomic E-state index is 13.2. The van der Waals surface area contributed by atoms with E-state index >= 15 is 0 Å². The van der Waals surface area contributed by atoms with Crippen molar-refractivity contribution in [3.05, 3.63) is 100 Å². The Kier molecular flexibility index (Phi) is 4.95. The zero-order chi connectivity index (χ0) is 22.2. The lowest BCUT2D eigenvalue weighted by Crippen LogP contribution is -2.31. The van der Waals surface area contributed by atoms with E-state index < -0.39 is 17.6 Å². The molecule has 0 aliphatic carbocycles. The van der Waals surface area contributed by atoms with Gasteiger partial charge in [0.15, 0.2) is 5.65 Å². The van der Waals surface area contributed by atoms with Gasteiger partial charge in [0, 0.05) is 29.4 Å². The first kappa shape index (κ1) is 20.0. The molecular formula is C24H17ClN4O3. The van der Waals surface area contributed by atoms with Crippen molar-refractivity contribution in [3.63, 3.8) is 0 Å². The lowest BCUT2D eigenvalue weighted by molar-refractivity contribution is -0.141. The summed E-state index contributed by atoms with van der Waals surface area (Å²) in [6.07, 6.45) is 4.87. The molecule has 0 saturated heterocycles. The summed E-state index contributed by atoms with van der Waals surface area (Å²) >= 11 is 5.99. The lowest BCUT2D eigenvalue weighted by Gasteiger charge is -2.16. The van der Waals surface area contributed by atoms with E-state index in [1.807, 2.05) is 42.5 Å². The highest BCUT2D eigenvalue weighted by Crippen LogP contribution is 2.26. The predicted molar refractivity (Wildman–Crippen MR) is 122 cm³/mol. The van der Waals surface area contributed by atoms with E-state index in [1.54, 1.807) is 28.9 Å². The molecule has 7 nitrogen and oxygen atoms in total. The van der Waals surface area contributed by atoms with Crippen LogP contribution in [-0.4, -0.2) is 30.2 Å². The molecule has 0 unspecified atom stereocenters. The molecule has 5 rings (SSSR count). The number of carboxylic acids is 1. The average molecular weight is 445 g/mol. The van der Waals surface area contributed by atoms with E-state index in [-0.39, 0.29) is 6.42 Å². The van der Waals surface area contributed by atoms with Gasteiger partial charge in [-0.05, 0) is 29.3 Å². The second-order valence-corrected chi connectivity index (χ2v) is 7.87. The van der Waals surface area contributed by atoms with Crippen LogP contribution < -0.4 is 5.56 Å². The van der Waals surface area contributed by atoms with Gasteiger partial charge in [-0.3, -0.25) is 4.79 Å². The number of hydrogen-bond acceptors (Lipinski definition) is 4. The quantitative estimate of drug-likeness (QED) is 0.438. The van der Waals surface area contributed by atoms with Crippen molar-refractivity contribution >= 4 is 34.1 Å². The summed E-state index contributed by atoms with van der Waals surface area (Å²) in [6.45, 7) is 0. The summed E-state index contributed by atoms with van der Waals surface area (Å²) in [6, 6.07) is 17.2. The largest absolute Gasteiger partial charge is 0.480 e. The molecular weight excluding hydrogens is 428 g/mol. The first-order chi connectivity index (χ1) is 15.5. The van der Waals surface area contributed by atoms with Crippen LogP contribution >= 0.6 is 11.6 Å². The average Bonchev–Trinajstić information content (AvgIpc) is 3.24.